The number of hydrogen-bond acceptors (Lipinski definition) is 4. The number of nitrogens with zero attached hydrogens (tertiary/aromatic N) is 1. The van der Waals surface area contributed by atoms with Gasteiger partial charge in [-0.05, 0) is 31.3 Å². The third-order valence-corrected chi connectivity index (χ3v) is 3.43. The minimum absolute atomic E-state index is 0.247. The quantitative estimate of drug-likeness (QED) is 0.688. The molecular formula is C12H17N3OS. The molecule has 1 unspecified atom stereocenters. The topological polar surface area (TPSA) is 60.9 Å². The van der Waals surface area contributed by atoms with Gasteiger partial charge in [0.2, 0.25) is 0 Å². The Morgan fingerprint density at radius 1 is 1.59 bits per heavy atom. The van der Waals surface area contributed by atoms with Crippen molar-refractivity contribution in [2.24, 2.45) is 0 Å². The Balaban J connectivity index is 1.91. The van der Waals surface area contributed by atoms with Crippen LogP contribution in [0.4, 0.5) is 0 Å². The third kappa shape index (κ3) is 3.39. The van der Waals surface area contributed by atoms with Crippen molar-refractivity contribution in [3.05, 3.63) is 29.3 Å². The molecule has 0 aliphatic heterocycles. The fourth-order valence-electron chi connectivity index (χ4n) is 1.61. The molecule has 0 aromatic carbocycles. The van der Waals surface area contributed by atoms with Crippen molar-refractivity contribution < 1.29 is 5.11 Å². The summed E-state index contributed by atoms with van der Waals surface area (Å²) in [6.07, 6.45) is 2.37. The Hall–Kier alpha value is -1.17. The van der Waals surface area contributed by atoms with Crippen LogP contribution in [0.15, 0.2) is 23.7 Å². The van der Waals surface area contributed by atoms with Crippen LogP contribution in [-0.4, -0.2) is 28.0 Å². The van der Waals surface area contributed by atoms with Crippen molar-refractivity contribution in [1.29, 1.82) is 0 Å². The second-order valence-corrected chi connectivity index (χ2v) is 5.01. The smallest absolute Gasteiger partial charge is 0.0794 e. The molecule has 0 radical (unpaired) electrons. The molecule has 2 aromatic heterocycles. The third-order valence-electron chi connectivity index (χ3n) is 2.54. The molecule has 3 N–H and O–H groups in total. The average molecular weight is 251 g/mol. The second kappa shape index (κ2) is 5.95. The van der Waals surface area contributed by atoms with E-state index in [0.29, 0.717) is 0 Å². The zero-order valence-corrected chi connectivity index (χ0v) is 10.6. The lowest BCUT2D eigenvalue weighted by Gasteiger charge is -2.06. The first-order valence-corrected chi connectivity index (χ1v) is 6.60. The van der Waals surface area contributed by atoms with E-state index in [9.17, 15) is 0 Å². The molecule has 2 rings (SSSR count). The van der Waals surface area contributed by atoms with E-state index in [1.807, 2.05) is 12.3 Å². The molecule has 4 nitrogen and oxygen atoms in total. The number of hydrogen-bond donors (Lipinski definition) is 3. The second-order valence-electron chi connectivity index (χ2n) is 4.06. The van der Waals surface area contributed by atoms with Gasteiger partial charge in [0, 0.05) is 12.1 Å². The molecule has 5 heteroatoms. The van der Waals surface area contributed by atoms with E-state index in [0.717, 1.165) is 30.8 Å². The van der Waals surface area contributed by atoms with Gasteiger partial charge in [-0.2, -0.15) is 5.10 Å². The highest BCUT2D eigenvalue weighted by Gasteiger charge is 2.07. The van der Waals surface area contributed by atoms with Crippen molar-refractivity contribution >= 4 is 11.3 Å². The summed E-state index contributed by atoms with van der Waals surface area (Å²) in [4.78, 5) is 1.20. The highest BCUT2D eigenvalue weighted by atomic mass is 32.1. The van der Waals surface area contributed by atoms with E-state index in [2.05, 4.69) is 27.0 Å². The van der Waals surface area contributed by atoms with E-state index in [1.54, 1.807) is 18.3 Å². The van der Waals surface area contributed by atoms with Gasteiger partial charge in [-0.1, -0.05) is 6.07 Å². The monoisotopic (exact) mass is 251 g/mol. The molecule has 2 aromatic rings. The number of aliphatic hydroxyl groups is 1. The van der Waals surface area contributed by atoms with Crippen molar-refractivity contribution in [2.45, 2.75) is 26.0 Å². The highest BCUT2D eigenvalue weighted by Crippen LogP contribution is 2.25. The van der Waals surface area contributed by atoms with Gasteiger partial charge in [-0.15, -0.1) is 11.3 Å². The lowest BCUT2D eigenvalue weighted by atomic mass is 10.2. The van der Waals surface area contributed by atoms with Crippen LogP contribution in [-0.2, 0) is 6.54 Å². The first-order chi connectivity index (χ1) is 8.27. The molecule has 0 saturated carbocycles. The van der Waals surface area contributed by atoms with Crippen LogP contribution in [0, 0.1) is 0 Å². The van der Waals surface area contributed by atoms with E-state index in [4.69, 9.17) is 5.11 Å². The SMILES string of the molecule is CC(O)CCNCc1cn[nH]c1-c1cccs1. The lowest BCUT2D eigenvalue weighted by molar-refractivity contribution is 0.183. The minimum Gasteiger partial charge on any atom is -0.393 e. The number of thiophene rings is 1. The summed E-state index contributed by atoms with van der Waals surface area (Å²) in [6.45, 7) is 3.39. The first kappa shape index (κ1) is 12.3. The van der Waals surface area contributed by atoms with E-state index in [-0.39, 0.29) is 6.10 Å². The lowest BCUT2D eigenvalue weighted by Crippen LogP contribution is -2.18. The first-order valence-electron chi connectivity index (χ1n) is 5.72. The predicted octanol–water partition coefficient (Wildman–Crippen LogP) is 2.00. The van der Waals surface area contributed by atoms with Gasteiger partial charge in [0.25, 0.3) is 0 Å². The van der Waals surface area contributed by atoms with Crippen LogP contribution < -0.4 is 5.32 Å². The number of rotatable bonds is 6. The number of aromatic nitrogens is 2. The predicted molar refractivity (Wildman–Crippen MR) is 69.9 cm³/mol. The van der Waals surface area contributed by atoms with Gasteiger partial charge in [0.1, 0.15) is 0 Å². The number of aromatic amines is 1. The molecule has 92 valence electrons. The normalized spacial score (nSPS) is 12.8. The molecule has 0 spiro atoms. The van der Waals surface area contributed by atoms with E-state index >= 15 is 0 Å². The summed E-state index contributed by atoms with van der Waals surface area (Å²) in [7, 11) is 0. The zero-order chi connectivity index (χ0) is 12.1. The molecule has 17 heavy (non-hydrogen) atoms. The summed E-state index contributed by atoms with van der Waals surface area (Å²) >= 11 is 1.70. The van der Waals surface area contributed by atoms with Crippen LogP contribution >= 0.6 is 11.3 Å². The molecular weight excluding hydrogens is 234 g/mol. The average Bonchev–Trinajstić information content (AvgIpc) is 2.94. The summed E-state index contributed by atoms with van der Waals surface area (Å²) in [5, 5.41) is 21.6. The fourth-order valence-corrected chi connectivity index (χ4v) is 2.37. The van der Waals surface area contributed by atoms with Gasteiger partial charge < -0.3 is 10.4 Å². The maximum absolute atomic E-state index is 9.16. The highest BCUT2D eigenvalue weighted by molar-refractivity contribution is 7.13. The maximum atomic E-state index is 9.16. The summed E-state index contributed by atoms with van der Waals surface area (Å²) in [5.74, 6) is 0. The summed E-state index contributed by atoms with van der Waals surface area (Å²) in [6, 6.07) is 4.11. The molecule has 0 fully saturated rings. The number of nitrogens with one attached hydrogen (secondary N) is 2. The van der Waals surface area contributed by atoms with Crippen molar-refractivity contribution in [3.8, 4) is 10.6 Å². The molecule has 0 bridgehead atoms. The minimum atomic E-state index is -0.247. The Kier molecular flexibility index (Phi) is 4.30. The molecule has 0 aliphatic carbocycles. The zero-order valence-electron chi connectivity index (χ0n) is 9.81. The van der Waals surface area contributed by atoms with Crippen molar-refractivity contribution in [3.63, 3.8) is 0 Å². The Morgan fingerprint density at radius 2 is 2.47 bits per heavy atom. The molecule has 1 atom stereocenters. The van der Waals surface area contributed by atoms with E-state index in [1.165, 1.54) is 4.88 Å². The van der Waals surface area contributed by atoms with Gasteiger partial charge >= 0.3 is 0 Å². The Morgan fingerprint density at radius 3 is 3.18 bits per heavy atom. The van der Waals surface area contributed by atoms with Gasteiger partial charge in [0.05, 0.1) is 22.9 Å². The Labute approximate surface area is 105 Å². The van der Waals surface area contributed by atoms with Crippen molar-refractivity contribution in [1.82, 2.24) is 15.5 Å². The van der Waals surface area contributed by atoms with Gasteiger partial charge in [0.15, 0.2) is 0 Å². The Bertz CT molecular complexity index is 436. The van der Waals surface area contributed by atoms with Gasteiger partial charge in [-0.25, -0.2) is 0 Å². The van der Waals surface area contributed by atoms with Crippen LogP contribution in [0.3, 0.4) is 0 Å². The molecule has 0 saturated heterocycles. The van der Waals surface area contributed by atoms with Crippen molar-refractivity contribution in [2.75, 3.05) is 6.54 Å². The number of H-pyrrole nitrogens is 1. The van der Waals surface area contributed by atoms with Crippen LogP contribution in [0.1, 0.15) is 18.9 Å². The molecule has 0 aliphatic rings. The van der Waals surface area contributed by atoms with E-state index < -0.39 is 0 Å². The summed E-state index contributed by atoms with van der Waals surface area (Å²) in [5.41, 5.74) is 2.25. The standard InChI is InChI=1S/C12H17N3OS/c1-9(16)4-5-13-7-10-8-14-15-12(10)11-3-2-6-17-11/h2-3,6,8-9,13,16H,4-5,7H2,1H3,(H,14,15). The fraction of sp³-hybridized carbons (Fsp3) is 0.417. The van der Waals surface area contributed by atoms with Crippen LogP contribution in [0.5, 0.6) is 0 Å². The van der Waals surface area contributed by atoms with Crippen LogP contribution in [0.2, 0.25) is 0 Å². The summed E-state index contributed by atoms with van der Waals surface area (Å²) < 4.78 is 0. The molecule has 2 heterocycles. The number of aliphatic hydroxyl groups excluding tert-OH is 1. The largest absolute Gasteiger partial charge is 0.393 e. The maximum Gasteiger partial charge on any atom is 0.0794 e. The van der Waals surface area contributed by atoms with Gasteiger partial charge in [-0.3, -0.25) is 5.10 Å². The van der Waals surface area contributed by atoms with Crippen LogP contribution in [0.25, 0.3) is 10.6 Å². The molecule has 0 amide bonds.